The maximum atomic E-state index is 12.6. The van der Waals surface area contributed by atoms with Gasteiger partial charge in [0.1, 0.15) is 0 Å². The van der Waals surface area contributed by atoms with Gasteiger partial charge in [-0.15, -0.1) is 0 Å². The summed E-state index contributed by atoms with van der Waals surface area (Å²) in [7, 11) is 4.50. The van der Waals surface area contributed by atoms with Crippen LogP contribution in [0, 0.1) is 0 Å². The molecule has 7 heteroatoms. The van der Waals surface area contributed by atoms with E-state index in [1.165, 1.54) is 28.3 Å². The number of anilines is 1. The molecule has 3 rings (SSSR count). The van der Waals surface area contributed by atoms with Crippen LogP contribution in [-0.4, -0.2) is 39.3 Å². The number of rotatable bonds is 8. The Morgan fingerprint density at radius 1 is 0.903 bits per heavy atom. The highest BCUT2D eigenvalue weighted by Gasteiger charge is 2.20. The topological polar surface area (TPSA) is 83.1 Å². The van der Waals surface area contributed by atoms with Crippen molar-refractivity contribution < 1.29 is 28.5 Å². The normalized spacial score (nSPS) is 11.5. The van der Waals surface area contributed by atoms with Crippen molar-refractivity contribution in [3.63, 3.8) is 0 Å². The smallest absolute Gasteiger partial charge is 0.311 e. The molecule has 1 N–H and O–H groups in total. The van der Waals surface area contributed by atoms with E-state index >= 15 is 0 Å². The van der Waals surface area contributed by atoms with E-state index in [1.807, 2.05) is 42.5 Å². The zero-order valence-corrected chi connectivity index (χ0v) is 17.9. The fraction of sp³-hybridized carbons (Fsp3) is 0.250. The van der Waals surface area contributed by atoms with Gasteiger partial charge in [-0.3, -0.25) is 9.59 Å². The average Bonchev–Trinajstić information content (AvgIpc) is 2.78. The second kappa shape index (κ2) is 9.84. The Hall–Kier alpha value is -3.74. The number of amides is 1. The standard InChI is InChI=1S/C24H25NO6/c1-15(24(27)25-19-11-7-9-17-8-5-6-10-18(17)19)31-22(26)14-16-12-20(28-2)23(30-4)21(13-16)29-3/h5-13,15H,14H2,1-4H3,(H,25,27)/t15-/m0/s1. The summed E-state index contributed by atoms with van der Waals surface area (Å²) in [5.41, 5.74) is 1.27. The first kappa shape index (κ1) is 22.0. The third kappa shape index (κ3) is 5.06. The van der Waals surface area contributed by atoms with Gasteiger partial charge in [-0.25, -0.2) is 0 Å². The van der Waals surface area contributed by atoms with E-state index in [9.17, 15) is 9.59 Å². The number of benzene rings is 3. The number of hydrogen-bond donors (Lipinski definition) is 1. The van der Waals surface area contributed by atoms with E-state index in [4.69, 9.17) is 18.9 Å². The van der Waals surface area contributed by atoms with Crippen LogP contribution < -0.4 is 19.5 Å². The van der Waals surface area contributed by atoms with Gasteiger partial charge >= 0.3 is 5.97 Å². The molecule has 3 aromatic carbocycles. The summed E-state index contributed by atoms with van der Waals surface area (Å²) in [5, 5.41) is 4.75. The van der Waals surface area contributed by atoms with E-state index < -0.39 is 18.0 Å². The predicted molar refractivity (Wildman–Crippen MR) is 118 cm³/mol. The van der Waals surface area contributed by atoms with Crippen molar-refractivity contribution >= 4 is 28.3 Å². The van der Waals surface area contributed by atoms with Crippen molar-refractivity contribution in [3.8, 4) is 17.2 Å². The minimum absolute atomic E-state index is 0.0530. The molecule has 0 aliphatic carbocycles. The Balaban J connectivity index is 1.67. The molecular weight excluding hydrogens is 398 g/mol. The number of hydrogen-bond acceptors (Lipinski definition) is 6. The van der Waals surface area contributed by atoms with Crippen molar-refractivity contribution in [2.24, 2.45) is 0 Å². The van der Waals surface area contributed by atoms with Gasteiger partial charge in [0.2, 0.25) is 5.75 Å². The maximum absolute atomic E-state index is 12.6. The van der Waals surface area contributed by atoms with E-state index in [-0.39, 0.29) is 6.42 Å². The lowest BCUT2D eigenvalue weighted by Crippen LogP contribution is -2.30. The Morgan fingerprint density at radius 2 is 1.55 bits per heavy atom. The summed E-state index contributed by atoms with van der Waals surface area (Å²) >= 11 is 0. The third-order valence-electron chi connectivity index (χ3n) is 4.80. The van der Waals surface area contributed by atoms with Crippen LogP contribution in [0.1, 0.15) is 12.5 Å². The molecule has 0 bridgehead atoms. The van der Waals surface area contributed by atoms with Crippen LogP contribution in [0.15, 0.2) is 54.6 Å². The highest BCUT2D eigenvalue weighted by atomic mass is 16.5. The number of carbonyl (C=O) groups is 2. The molecular formula is C24H25NO6. The molecule has 31 heavy (non-hydrogen) atoms. The highest BCUT2D eigenvalue weighted by Crippen LogP contribution is 2.38. The second-order valence-corrected chi connectivity index (χ2v) is 6.86. The van der Waals surface area contributed by atoms with Gasteiger partial charge in [0.25, 0.3) is 5.91 Å². The molecule has 7 nitrogen and oxygen atoms in total. The molecule has 162 valence electrons. The molecule has 3 aromatic rings. The molecule has 0 aliphatic rings. The lowest BCUT2D eigenvalue weighted by atomic mass is 10.1. The molecule has 0 saturated carbocycles. The van der Waals surface area contributed by atoms with Crippen LogP contribution in [0.2, 0.25) is 0 Å². The van der Waals surface area contributed by atoms with Crippen LogP contribution in [0.3, 0.4) is 0 Å². The van der Waals surface area contributed by atoms with Crippen molar-refractivity contribution in [3.05, 3.63) is 60.2 Å². The minimum Gasteiger partial charge on any atom is -0.493 e. The largest absolute Gasteiger partial charge is 0.493 e. The van der Waals surface area contributed by atoms with Gasteiger partial charge in [-0.05, 0) is 36.1 Å². The number of carbonyl (C=O) groups excluding carboxylic acids is 2. The molecule has 1 amide bonds. The van der Waals surface area contributed by atoms with Gasteiger partial charge in [0, 0.05) is 11.1 Å². The lowest BCUT2D eigenvalue weighted by Gasteiger charge is -2.16. The fourth-order valence-corrected chi connectivity index (χ4v) is 3.27. The molecule has 0 radical (unpaired) electrons. The monoisotopic (exact) mass is 423 g/mol. The number of nitrogens with one attached hydrogen (secondary N) is 1. The summed E-state index contributed by atoms with van der Waals surface area (Å²) in [6, 6.07) is 16.7. The van der Waals surface area contributed by atoms with Gasteiger partial charge < -0.3 is 24.3 Å². The van der Waals surface area contributed by atoms with Crippen molar-refractivity contribution in [2.75, 3.05) is 26.6 Å². The number of fused-ring (bicyclic) bond motifs is 1. The third-order valence-corrected chi connectivity index (χ3v) is 4.80. The van der Waals surface area contributed by atoms with Crippen molar-refractivity contribution in [2.45, 2.75) is 19.4 Å². The Bertz CT molecular complexity index is 1060. The Labute approximate surface area is 180 Å². The van der Waals surface area contributed by atoms with Crippen LogP contribution in [-0.2, 0) is 20.7 Å². The van der Waals surface area contributed by atoms with E-state index in [2.05, 4.69) is 5.32 Å². The molecule has 0 aromatic heterocycles. The molecule has 0 fully saturated rings. The van der Waals surface area contributed by atoms with E-state index in [0.29, 0.717) is 28.5 Å². The van der Waals surface area contributed by atoms with Crippen LogP contribution in [0.4, 0.5) is 5.69 Å². The van der Waals surface area contributed by atoms with Gasteiger partial charge in [-0.1, -0.05) is 36.4 Å². The van der Waals surface area contributed by atoms with E-state index in [0.717, 1.165) is 10.8 Å². The zero-order chi connectivity index (χ0) is 22.4. The highest BCUT2D eigenvalue weighted by molar-refractivity contribution is 6.03. The summed E-state index contributed by atoms with van der Waals surface area (Å²) < 4.78 is 21.2. The average molecular weight is 423 g/mol. The van der Waals surface area contributed by atoms with Crippen LogP contribution >= 0.6 is 0 Å². The zero-order valence-electron chi connectivity index (χ0n) is 17.9. The molecule has 0 heterocycles. The molecule has 0 unspecified atom stereocenters. The summed E-state index contributed by atoms with van der Waals surface area (Å²) in [4.78, 5) is 25.0. The first-order valence-corrected chi connectivity index (χ1v) is 9.73. The molecule has 0 saturated heterocycles. The number of esters is 1. The first-order chi connectivity index (χ1) is 15.0. The van der Waals surface area contributed by atoms with Crippen LogP contribution in [0.5, 0.6) is 17.2 Å². The van der Waals surface area contributed by atoms with Gasteiger partial charge in [0.15, 0.2) is 17.6 Å². The van der Waals surface area contributed by atoms with Crippen molar-refractivity contribution in [1.82, 2.24) is 0 Å². The second-order valence-electron chi connectivity index (χ2n) is 6.86. The maximum Gasteiger partial charge on any atom is 0.311 e. The number of methoxy groups -OCH3 is 3. The molecule has 0 spiro atoms. The SMILES string of the molecule is COc1cc(CC(=O)O[C@@H](C)C(=O)Nc2cccc3ccccc23)cc(OC)c1OC. The predicted octanol–water partition coefficient (Wildman–Crippen LogP) is 3.98. The minimum atomic E-state index is -0.964. The summed E-state index contributed by atoms with van der Waals surface area (Å²) in [6.07, 6.45) is -1.02. The summed E-state index contributed by atoms with van der Waals surface area (Å²) in [6.45, 7) is 1.54. The number of ether oxygens (including phenoxy) is 4. The first-order valence-electron chi connectivity index (χ1n) is 9.73. The quantitative estimate of drug-likeness (QED) is 0.552. The van der Waals surface area contributed by atoms with Gasteiger partial charge in [0.05, 0.1) is 27.8 Å². The molecule has 0 aliphatic heterocycles. The van der Waals surface area contributed by atoms with Crippen LogP contribution in [0.25, 0.3) is 10.8 Å². The lowest BCUT2D eigenvalue weighted by molar-refractivity contribution is -0.152. The van der Waals surface area contributed by atoms with Crippen molar-refractivity contribution in [1.29, 1.82) is 0 Å². The fourth-order valence-electron chi connectivity index (χ4n) is 3.27. The molecule has 1 atom stereocenters. The van der Waals surface area contributed by atoms with Gasteiger partial charge in [-0.2, -0.15) is 0 Å². The Kier molecular flexibility index (Phi) is 6.97. The van der Waals surface area contributed by atoms with E-state index in [1.54, 1.807) is 12.1 Å². The Morgan fingerprint density at radius 3 is 2.19 bits per heavy atom. The summed E-state index contributed by atoms with van der Waals surface area (Å²) in [5.74, 6) is 0.354.